The highest BCUT2D eigenvalue weighted by Gasteiger charge is 2.32. The van der Waals surface area contributed by atoms with Crippen LogP contribution >= 0.6 is 0 Å². The lowest BCUT2D eigenvalue weighted by molar-refractivity contribution is -0.141. The van der Waals surface area contributed by atoms with Gasteiger partial charge in [-0.05, 0) is 13.0 Å². The summed E-state index contributed by atoms with van der Waals surface area (Å²) < 4.78 is 48.2. The van der Waals surface area contributed by atoms with Crippen LogP contribution in [0.15, 0.2) is 23.2 Å². The second-order valence-electron chi connectivity index (χ2n) is 5.07. The van der Waals surface area contributed by atoms with Crippen molar-refractivity contribution in [1.29, 1.82) is 0 Å². The quantitative estimate of drug-likeness (QED) is 0.514. The van der Waals surface area contributed by atoms with E-state index in [4.69, 9.17) is 15.2 Å². The first-order valence-electron chi connectivity index (χ1n) is 7.20. The topological polar surface area (TPSA) is 73.0 Å². The van der Waals surface area contributed by atoms with E-state index in [-0.39, 0.29) is 25.1 Å². The van der Waals surface area contributed by atoms with Crippen LogP contribution in [0.1, 0.15) is 12.6 Å². The van der Waals surface area contributed by atoms with Crippen LogP contribution in [0.3, 0.4) is 0 Å². The van der Waals surface area contributed by atoms with Gasteiger partial charge in [-0.1, -0.05) is 6.07 Å². The molecule has 1 aromatic rings. The number of guanidine groups is 1. The molecule has 1 aliphatic rings. The van der Waals surface area contributed by atoms with Crippen molar-refractivity contribution >= 4 is 5.96 Å². The zero-order valence-electron chi connectivity index (χ0n) is 12.7. The van der Waals surface area contributed by atoms with Crippen LogP contribution in [0, 0.1) is 0 Å². The molecule has 1 fully saturated rings. The lowest BCUT2D eigenvalue weighted by Crippen LogP contribution is -2.48. The molecule has 1 unspecified atom stereocenters. The molecule has 6 nitrogen and oxygen atoms in total. The van der Waals surface area contributed by atoms with Crippen molar-refractivity contribution in [1.82, 2.24) is 9.88 Å². The number of rotatable bonds is 4. The number of nitrogens with zero attached hydrogens (tertiary/aromatic N) is 3. The van der Waals surface area contributed by atoms with Crippen molar-refractivity contribution in [3.63, 3.8) is 0 Å². The van der Waals surface area contributed by atoms with E-state index in [0.29, 0.717) is 25.7 Å². The van der Waals surface area contributed by atoms with Crippen LogP contribution in [0.4, 0.5) is 13.2 Å². The van der Waals surface area contributed by atoms with Gasteiger partial charge in [0.25, 0.3) is 0 Å². The number of halogens is 3. The number of hydrogen-bond donors (Lipinski definition) is 1. The average Bonchev–Trinajstić information content (AvgIpc) is 2.51. The fraction of sp³-hybridized carbons (Fsp3) is 0.571. The number of nitrogens with two attached hydrogens (primary N) is 1. The van der Waals surface area contributed by atoms with Crippen LogP contribution in [0.5, 0.6) is 5.88 Å². The number of ether oxygens (including phenoxy) is 2. The van der Waals surface area contributed by atoms with Crippen molar-refractivity contribution in [3.05, 3.63) is 23.9 Å². The maximum absolute atomic E-state index is 12.5. The van der Waals surface area contributed by atoms with Gasteiger partial charge in [0.05, 0.1) is 19.3 Å². The number of hydrogen-bond acceptors (Lipinski definition) is 4. The van der Waals surface area contributed by atoms with Gasteiger partial charge in [-0.3, -0.25) is 0 Å². The van der Waals surface area contributed by atoms with Gasteiger partial charge in [0.15, 0.2) is 5.96 Å². The second kappa shape index (κ2) is 7.49. The normalized spacial score (nSPS) is 19.7. The average molecular weight is 332 g/mol. The largest absolute Gasteiger partial charge is 0.476 e. The Kier molecular flexibility index (Phi) is 5.64. The maximum Gasteiger partial charge on any atom is 0.433 e. The highest BCUT2D eigenvalue weighted by Crippen LogP contribution is 2.28. The zero-order chi connectivity index (χ0) is 16.9. The third kappa shape index (κ3) is 5.27. The zero-order valence-corrected chi connectivity index (χ0v) is 12.7. The van der Waals surface area contributed by atoms with Crippen molar-refractivity contribution in [2.24, 2.45) is 10.7 Å². The maximum atomic E-state index is 12.5. The predicted molar refractivity (Wildman–Crippen MR) is 78.2 cm³/mol. The Morgan fingerprint density at radius 3 is 3.00 bits per heavy atom. The Morgan fingerprint density at radius 2 is 2.30 bits per heavy atom. The molecule has 0 radical (unpaired) electrons. The Bertz CT molecular complexity index is 551. The molecule has 1 aromatic heterocycles. The Morgan fingerprint density at radius 1 is 1.52 bits per heavy atom. The molecule has 128 valence electrons. The summed E-state index contributed by atoms with van der Waals surface area (Å²) in [5.74, 6) is 0.286. The first-order valence-corrected chi connectivity index (χ1v) is 7.20. The minimum atomic E-state index is -4.49. The summed E-state index contributed by atoms with van der Waals surface area (Å²) in [5, 5.41) is 0. The van der Waals surface area contributed by atoms with Gasteiger partial charge in [0.1, 0.15) is 12.3 Å². The lowest BCUT2D eigenvalue weighted by atomic mass is 10.3. The summed E-state index contributed by atoms with van der Waals surface area (Å²) in [6.45, 7) is 4.18. The number of aromatic nitrogens is 1. The van der Waals surface area contributed by atoms with Gasteiger partial charge in [0, 0.05) is 19.2 Å². The van der Waals surface area contributed by atoms with Crippen LogP contribution in [0.2, 0.25) is 0 Å². The standard InChI is InChI=1S/C14H19F3N4O2/c1-10-9-21(6-8-22-10)13(18)19-5-7-23-12-4-2-3-11(20-12)14(15,16)17/h2-4,10H,5-9H2,1H3,(H2,18,19). The summed E-state index contributed by atoms with van der Waals surface area (Å²) in [7, 11) is 0. The number of aliphatic imine (C=N–C) groups is 1. The Balaban J connectivity index is 1.82. The molecule has 0 aromatic carbocycles. The monoisotopic (exact) mass is 332 g/mol. The van der Waals surface area contributed by atoms with E-state index in [2.05, 4.69) is 9.98 Å². The smallest absolute Gasteiger partial charge is 0.433 e. The molecule has 2 N–H and O–H groups in total. The van der Waals surface area contributed by atoms with Gasteiger partial charge in [-0.2, -0.15) is 13.2 Å². The summed E-state index contributed by atoms with van der Waals surface area (Å²) in [4.78, 5) is 9.46. The van der Waals surface area contributed by atoms with Gasteiger partial charge in [0.2, 0.25) is 5.88 Å². The van der Waals surface area contributed by atoms with Crippen molar-refractivity contribution in [2.75, 3.05) is 32.8 Å². The molecule has 0 saturated carbocycles. The molecule has 1 aliphatic heterocycles. The highest BCUT2D eigenvalue weighted by atomic mass is 19.4. The number of pyridine rings is 1. The molecule has 23 heavy (non-hydrogen) atoms. The summed E-state index contributed by atoms with van der Waals surface area (Å²) in [6.07, 6.45) is -4.40. The van der Waals surface area contributed by atoms with Crippen molar-refractivity contribution in [3.8, 4) is 5.88 Å². The summed E-state index contributed by atoms with van der Waals surface area (Å²) in [6, 6.07) is 3.51. The van der Waals surface area contributed by atoms with Crippen LogP contribution in [-0.2, 0) is 10.9 Å². The SMILES string of the molecule is CC1CN(C(N)=NCCOc2cccc(C(F)(F)F)n2)CCO1. The molecule has 2 heterocycles. The Hall–Kier alpha value is -2.03. The molecule has 0 amide bonds. The van der Waals surface area contributed by atoms with Crippen LogP contribution < -0.4 is 10.5 Å². The molecule has 9 heteroatoms. The van der Waals surface area contributed by atoms with E-state index in [1.54, 1.807) is 0 Å². The molecular formula is C14H19F3N4O2. The van der Waals surface area contributed by atoms with Gasteiger partial charge in [-0.15, -0.1) is 0 Å². The lowest BCUT2D eigenvalue weighted by Gasteiger charge is -2.31. The predicted octanol–water partition coefficient (Wildman–Crippen LogP) is 1.51. The summed E-state index contributed by atoms with van der Waals surface area (Å²) in [5.41, 5.74) is 4.89. The molecule has 0 aliphatic carbocycles. The van der Waals surface area contributed by atoms with Crippen LogP contribution in [-0.4, -0.2) is 54.8 Å². The van der Waals surface area contributed by atoms with E-state index < -0.39 is 11.9 Å². The highest BCUT2D eigenvalue weighted by molar-refractivity contribution is 5.78. The fourth-order valence-electron chi connectivity index (χ4n) is 2.09. The molecule has 0 bridgehead atoms. The van der Waals surface area contributed by atoms with E-state index in [9.17, 15) is 13.2 Å². The minimum Gasteiger partial charge on any atom is -0.476 e. The fourth-order valence-corrected chi connectivity index (χ4v) is 2.09. The van der Waals surface area contributed by atoms with E-state index in [1.807, 2.05) is 11.8 Å². The van der Waals surface area contributed by atoms with E-state index in [1.165, 1.54) is 12.1 Å². The second-order valence-corrected chi connectivity index (χ2v) is 5.07. The van der Waals surface area contributed by atoms with E-state index >= 15 is 0 Å². The number of alkyl halides is 3. The molecular weight excluding hydrogens is 313 g/mol. The van der Waals surface area contributed by atoms with Gasteiger partial charge in [-0.25, -0.2) is 9.98 Å². The van der Waals surface area contributed by atoms with Gasteiger partial charge >= 0.3 is 6.18 Å². The number of morpholine rings is 1. The molecule has 0 spiro atoms. The van der Waals surface area contributed by atoms with Crippen molar-refractivity contribution < 1.29 is 22.6 Å². The molecule has 2 rings (SSSR count). The molecule has 1 saturated heterocycles. The first-order chi connectivity index (χ1) is 10.9. The minimum absolute atomic E-state index is 0.0862. The van der Waals surface area contributed by atoms with Gasteiger partial charge < -0.3 is 20.1 Å². The van der Waals surface area contributed by atoms with Crippen LogP contribution in [0.25, 0.3) is 0 Å². The first kappa shape index (κ1) is 17.3. The van der Waals surface area contributed by atoms with E-state index in [0.717, 1.165) is 6.07 Å². The third-order valence-electron chi connectivity index (χ3n) is 3.19. The molecule has 1 atom stereocenters. The summed E-state index contributed by atoms with van der Waals surface area (Å²) >= 11 is 0. The van der Waals surface area contributed by atoms with Crippen molar-refractivity contribution in [2.45, 2.75) is 19.2 Å². The third-order valence-corrected chi connectivity index (χ3v) is 3.19. The Labute approximate surface area is 132 Å².